The number of nitrogens with zero attached hydrogens (tertiary/aromatic N) is 3. The largest absolute Gasteiger partial charge is 0.490 e. The number of aromatic nitrogens is 2. The van der Waals surface area contributed by atoms with Crippen LogP contribution in [0.5, 0.6) is 23.1 Å². The third-order valence-corrected chi connectivity index (χ3v) is 5.38. The zero-order valence-electron chi connectivity index (χ0n) is 19.9. The van der Waals surface area contributed by atoms with Crippen LogP contribution >= 0.6 is 11.6 Å². The average Bonchev–Trinajstić information content (AvgIpc) is 3.06. The Hall–Kier alpha value is -3.47. The number of fused-ring (bicyclic) bond motifs is 2. The number of benzene rings is 2. The fourth-order valence-corrected chi connectivity index (χ4v) is 3.52. The predicted octanol–water partition coefficient (Wildman–Crippen LogP) is 5.70. The van der Waals surface area contributed by atoms with Gasteiger partial charge in [-0.05, 0) is 24.3 Å². The fraction of sp³-hybridized carbons (Fsp3) is 0.320. The maximum Gasteiger partial charge on any atom is 0.250 e. The predicted molar refractivity (Wildman–Crippen MR) is 134 cm³/mol. The van der Waals surface area contributed by atoms with Crippen molar-refractivity contribution in [3.05, 3.63) is 53.1 Å². The molecule has 4 rings (SSSR count). The second-order valence-electron chi connectivity index (χ2n) is 7.72. The van der Waals surface area contributed by atoms with Crippen molar-refractivity contribution in [1.82, 2.24) is 9.97 Å². The van der Waals surface area contributed by atoms with Gasteiger partial charge in [-0.1, -0.05) is 11.6 Å². The standard InChI is InChI=1S/C25H26ClFN4O5/c1-32-7-3-9-34-21-11-16-14-28-23-24(31-17-5-6-19(27)18(26)12-17)29-15-30-25(23)36-20(16)13-22(21)35-10-4-8-33-2/h5-6,11-15H,3-4,7-10H2,1-2H3,(H,29,30,31). The number of hydrogen-bond donors (Lipinski definition) is 1. The van der Waals surface area contributed by atoms with E-state index >= 15 is 0 Å². The number of rotatable bonds is 12. The molecule has 11 heteroatoms. The summed E-state index contributed by atoms with van der Waals surface area (Å²) in [5, 5.41) is 3.08. The van der Waals surface area contributed by atoms with Gasteiger partial charge in [0.25, 0.3) is 5.88 Å². The highest BCUT2D eigenvalue weighted by molar-refractivity contribution is 6.31. The maximum atomic E-state index is 13.6. The Morgan fingerprint density at radius 1 is 0.944 bits per heavy atom. The second kappa shape index (κ2) is 12.5. The topological polar surface area (TPSA) is 96.3 Å². The van der Waals surface area contributed by atoms with Crippen LogP contribution in [-0.2, 0) is 9.47 Å². The molecule has 3 aromatic rings. The van der Waals surface area contributed by atoms with E-state index in [1.54, 1.807) is 32.6 Å². The Balaban J connectivity index is 1.61. The van der Waals surface area contributed by atoms with E-state index in [9.17, 15) is 4.39 Å². The molecule has 2 aromatic carbocycles. The number of ether oxygens (including phenoxy) is 5. The summed E-state index contributed by atoms with van der Waals surface area (Å²) in [5.74, 6) is 1.70. The van der Waals surface area contributed by atoms with Gasteiger partial charge in [-0.2, -0.15) is 4.98 Å². The third-order valence-electron chi connectivity index (χ3n) is 5.09. The minimum Gasteiger partial charge on any atom is -0.490 e. The highest BCUT2D eigenvalue weighted by Gasteiger charge is 2.21. The molecular formula is C25H26ClFN4O5. The Kier molecular flexibility index (Phi) is 8.88. The smallest absolute Gasteiger partial charge is 0.250 e. The summed E-state index contributed by atoms with van der Waals surface area (Å²) in [5.41, 5.74) is 1.59. The normalized spacial score (nSPS) is 11.8. The quantitative estimate of drug-likeness (QED) is 0.239. The van der Waals surface area contributed by atoms with Crippen LogP contribution < -0.4 is 19.5 Å². The van der Waals surface area contributed by atoms with Crippen molar-refractivity contribution in [3.63, 3.8) is 0 Å². The van der Waals surface area contributed by atoms with Crippen LogP contribution in [0.1, 0.15) is 18.4 Å². The lowest BCUT2D eigenvalue weighted by molar-refractivity contribution is 0.163. The lowest BCUT2D eigenvalue weighted by Gasteiger charge is -2.16. The van der Waals surface area contributed by atoms with Crippen molar-refractivity contribution in [2.45, 2.75) is 12.8 Å². The average molecular weight is 517 g/mol. The van der Waals surface area contributed by atoms with Crippen LogP contribution in [0.3, 0.4) is 0 Å². The number of hydrogen-bond acceptors (Lipinski definition) is 9. The molecular weight excluding hydrogens is 491 g/mol. The van der Waals surface area contributed by atoms with Gasteiger partial charge < -0.3 is 29.0 Å². The van der Waals surface area contributed by atoms with Gasteiger partial charge in [0.1, 0.15) is 17.9 Å². The molecule has 0 fully saturated rings. The van der Waals surface area contributed by atoms with Crippen LogP contribution in [0.15, 0.2) is 41.7 Å². The van der Waals surface area contributed by atoms with E-state index in [1.807, 2.05) is 6.07 Å². The molecule has 0 radical (unpaired) electrons. The van der Waals surface area contributed by atoms with E-state index < -0.39 is 5.82 Å². The molecule has 2 heterocycles. The minimum absolute atomic E-state index is 0.0108. The third kappa shape index (κ3) is 6.39. The van der Waals surface area contributed by atoms with Crippen LogP contribution in [-0.4, -0.2) is 56.8 Å². The van der Waals surface area contributed by atoms with E-state index in [0.717, 1.165) is 12.8 Å². The SMILES string of the molecule is COCCCOc1cc2c(cc1OCCCOC)Oc1ncnc(Nc3ccc(F)c(Cl)c3)c1N=C2. The molecule has 1 aromatic heterocycles. The molecule has 1 aliphatic heterocycles. The molecule has 0 atom stereocenters. The zero-order chi connectivity index (χ0) is 25.3. The highest BCUT2D eigenvalue weighted by Crippen LogP contribution is 2.43. The fourth-order valence-electron chi connectivity index (χ4n) is 3.34. The highest BCUT2D eigenvalue weighted by atomic mass is 35.5. The number of halogens is 2. The van der Waals surface area contributed by atoms with Crippen molar-refractivity contribution in [3.8, 4) is 23.1 Å². The minimum atomic E-state index is -0.513. The van der Waals surface area contributed by atoms with Gasteiger partial charge in [0, 0.05) is 63.8 Å². The molecule has 0 saturated carbocycles. The van der Waals surface area contributed by atoms with Gasteiger partial charge in [0.2, 0.25) is 0 Å². The molecule has 0 bridgehead atoms. The van der Waals surface area contributed by atoms with Crippen LogP contribution in [0, 0.1) is 5.82 Å². The van der Waals surface area contributed by atoms with Gasteiger partial charge in [-0.15, -0.1) is 0 Å². The van der Waals surface area contributed by atoms with E-state index in [1.165, 1.54) is 18.5 Å². The van der Waals surface area contributed by atoms with Gasteiger partial charge in [0.05, 0.1) is 18.2 Å². The number of aliphatic imine (C=N–C) groups is 1. The van der Waals surface area contributed by atoms with Crippen molar-refractivity contribution in [2.75, 3.05) is 46.0 Å². The first-order valence-corrected chi connectivity index (χ1v) is 11.7. The summed E-state index contributed by atoms with van der Waals surface area (Å²) in [4.78, 5) is 13.1. The van der Waals surface area contributed by atoms with Gasteiger partial charge >= 0.3 is 0 Å². The van der Waals surface area contributed by atoms with E-state index in [4.69, 9.17) is 35.3 Å². The van der Waals surface area contributed by atoms with Crippen LogP contribution in [0.4, 0.5) is 21.6 Å². The monoisotopic (exact) mass is 516 g/mol. The van der Waals surface area contributed by atoms with Gasteiger partial charge in [-0.25, -0.2) is 14.4 Å². The lowest BCUT2D eigenvalue weighted by atomic mass is 10.2. The van der Waals surface area contributed by atoms with Crippen molar-refractivity contribution in [2.24, 2.45) is 4.99 Å². The van der Waals surface area contributed by atoms with Crippen molar-refractivity contribution < 1.29 is 28.1 Å². The number of nitrogens with one attached hydrogen (secondary N) is 1. The first kappa shape index (κ1) is 25.6. The Bertz CT molecular complexity index is 1230. The zero-order valence-corrected chi connectivity index (χ0v) is 20.7. The summed E-state index contributed by atoms with van der Waals surface area (Å²) in [6, 6.07) is 7.84. The lowest BCUT2D eigenvalue weighted by Crippen LogP contribution is -2.06. The summed E-state index contributed by atoms with van der Waals surface area (Å²) in [6.07, 6.45) is 4.44. The second-order valence-corrected chi connectivity index (χ2v) is 8.12. The summed E-state index contributed by atoms with van der Waals surface area (Å²) in [6.45, 7) is 2.07. The first-order chi connectivity index (χ1) is 17.6. The molecule has 190 valence electrons. The Labute approximate surface area is 213 Å². The Morgan fingerprint density at radius 3 is 2.36 bits per heavy atom. The van der Waals surface area contributed by atoms with Crippen LogP contribution in [0.2, 0.25) is 5.02 Å². The van der Waals surface area contributed by atoms with E-state index in [2.05, 4.69) is 20.3 Å². The molecule has 0 saturated heterocycles. The molecule has 1 N–H and O–H groups in total. The summed E-state index contributed by atoms with van der Waals surface area (Å²) < 4.78 is 41.8. The van der Waals surface area contributed by atoms with E-state index in [-0.39, 0.29) is 10.9 Å². The molecule has 1 aliphatic rings. The number of methoxy groups -OCH3 is 2. The summed E-state index contributed by atoms with van der Waals surface area (Å²) in [7, 11) is 3.29. The van der Waals surface area contributed by atoms with Crippen molar-refractivity contribution in [1.29, 1.82) is 0 Å². The Morgan fingerprint density at radius 2 is 1.67 bits per heavy atom. The van der Waals surface area contributed by atoms with E-state index in [0.29, 0.717) is 66.4 Å². The summed E-state index contributed by atoms with van der Waals surface area (Å²) >= 11 is 5.91. The number of anilines is 2. The van der Waals surface area contributed by atoms with Crippen molar-refractivity contribution >= 4 is 35.0 Å². The molecule has 0 amide bonds. The molecule has 0 aliphatic carbocycles. The van der Waals surface area contributed by atoms with Crippen LogP contribution in [0.25, 0.3) is 0 Å². The molecule has 0 spiro atoms. The molecule has 36 heavy (non-hydrogen) atoms. The molecule has 0 unspecified atom stereocenters. The van der Waals surface area contributed by atoms with Gasteiger partial charge in [0.15, 0.2) is 23.0 Å². The first-order valence-electron chi connectivity index (χ1n) is 11.3. The maximum absolute atomic E-state index is 13.6. The molecule has 9 nitrogen and oxygen atoms in total. The van der Waals surface area contributed by atoms with Gasteiger partial charge in [-0.3, -0.25) is 0 Å².